The van der Waals surface area contributed by atoms with Crippen LogP contribution in [-0.4, -0.2) is 57.7 Å². The first-order valence-electron chi connectivity index (χ1n) is 15.9. The van der Waals surface area contributed by atoms with Gasteiger partial charge in [0.05, 0.1) is 24.5 Å². The van der Waals surface area contributed by atoms with Crippen LogP contribution in [0, 0.1) is 5.92 Å². The van der Waals surface area contributed by atoms with Gasteiger partial charge in [-0.1, -0.05) is 72.8 Å². The fourth-order valence-corrected chi connectivity index (χ4v) is 10.2. The summed E-state index contributed by atoms with van der Waals surface area (Å²) >= 11 is 0. The van der Waals surface area contributed by atoms with Crippen LogP contribution in [0.2, 0.25) is 18.6 Å². The first-order valence-corrected chi connectivity index (χ1v) is 18.9. The van der Waals surface area contributed by atoms with Crippen LogP contribution in [0.1, 0.15) is 48.3 Å². The molecule has 0 aliphatic carbocycles. The Morgan fingerprint density at radius 1 is 1.04 bits per heavy atom. The van der Waals surface area contributed by atoms with Crippen LogP contribution < -0.4 is 9.80 Å². The Morgan fingerprint density at radius 3 is 2.41 bits per heavy atom. The summed E-state index contributed by atoms with van der Waals surface area (Å²) in [6, 6.07) is 25.0. The third-order valence-corrected chi connectivity index (χ3v) is 12.4. The van der Waals surface area contributed by atoms with E-state index in [1.54, 1.807) is 20.7 Å². The highest BCUT2D eigenvalue weighted by molar-refractivity contribution is 6.71. The van der Waals surface area contributed by atoms with E-state index in [0.717, 1.165) is 28.1 Å². The molecule has 4 heterocycles. The number of nitrogens with zero attached hydrogens (tertiary/aromatic N) is 5. The largest absolute Gasteiger partial charge is 0.432 e. The van der Waals surface area contributed by atoms with Gasteiger partial charge in [-0.3, -0.25) is 14.3 Å². The molecule has 0 unspecified atom stereocenters. The number of hydrogen-bond acceptors (Lipinski definition) is 7. The molecule has 10 nitrogen and oxygen atoms in total. The lowest BCUT2D eigenvalue weighted by Gasteiger charge is -2.33. The molecule has 3 aliphatic heterocycles. The van der Waals surface area contributed by atoms with Gasteiger partial charge in [0, 0.05) is 42.2 Å². The summed E-state index contributed by atoms with van der Waals surface area (Å²) in [5.41, 5.74) is 2.88. The Hall–Kier alpha value is -4.16. The number of fused-ring (bicyclic) bond motifs is 2. The molecule has 2 saturated heterocycles. The van der Waals surface area contributed by atoms with Crippen molar-refractivity contribution in [2.75, 3.05) is 16.3 Å². The van der Waals surface area contributed by atoms with Gasteiger partial charge in [0.25, 0.3) is 5.91 Å². The Labute approximate surface area is 269 Å². The highest BCUT2D eigenvalue weighted by Crippen LogP contribution is 2.60. The minimum atomic E-state index is -2.87. The summed E-state index contributed by atoms with van der Waals surface area (Å²) in [5, 5.41) is 19.3. The van der Waals surface area contributed by atoms with Crippen molar-refractivity contribution in [1.29, 1.82) is 0 Å². The second kappa shape index (κ2) is 11.6. The number of ether oxygens (including phenoxy) is 1. The van der Waals surface area contributed by atoms with Crippen molar-refractivity contribution in [3.8, 4) is 0 Å². The molecule has 0 saturated carbocycles. The minimum absolute atomic E-state index is 0.0593. The molecule has 3 aliphatic rings. The smallest absolute Gasteiger partial charge is 0.264 e. The van der Waals surface area contributed by atoms with E-state index in [2.05, 4.69) is 10.3 Å². The van der Waals surface area contributed by atoms with Gasteiger partial charge in [-0.05, 0) is 48.8 Å². The highest BCUT2D eigenvalue weighted by Gasteiger charge is 2.66. The van der Waals surface area contributed by atoms with Gasteiger partial charge in [-0.15, -0.1) is 5.10 Å². The van der Waals surface area contributed by atoms with E-state index >= 15 is 0 Å². The lowest BCUT2D eigenvalue weighted by atomic mass is 9.82. The van der Waals surface area contributed by atoms with Crippen molar-refractivity contribution in [2.24, 2.45) is 5.92 Å². The molecule has 0 radical (unpaired) electrons. The third kappa shape index (κ3) is 5.07. The van der Waals surface area contributed by atoms with E-state index in [1.165, 1.54) is 0 Å². The fraction of sp³-hybridized carbons (Fsp3) is 0.371. The molecule has 11 heteroatoms. The maximum Gasteiger partial charge on any atom is 0.264 e. The molecular formula is C35H39N5O5Si. The van der Waals surface area contributed by atoms with Crippen LogP contribution >= 0.6 is 0 Å². The van der Waals surface area contributed by atoms with Crippen molar-refractivity contribution in [3.63, 3.8) is 0 Å². The van der Waals surface area contributed by atoms with E-state index in [-0.39, 0.29) is 23.3 Å². The van der Waals surface area contributed by atoms with Crippen molar-refractivity contribution in [2.45, 2.75) is 69.3 Å². The number of hydrogen-bond donors (Lipinski definition) is 2. The van der Waals surface area contributed by atoms with Gasteiger partial charge < -0.3 is 24.4 Å². The molecule has 46 heavy (non-hydrogen) atoms. The number of rotatable bonds is 9. The van der Waals surface area contributed by atoms with E-state index in [9.17, 15) is 19.5 Å². The molecule has 1 aromatic heterocycles. The number of aliphatic hydroxyl groups excluding tert-OH is 1. The Bertz CT molecular complexity index is 1760. The second-order valence-electron chi connectivity index (χ2n) is 13.2. The molecule has 4 aromatic rings. The van der Waals surface area contributed by atoms with Gasteiger partial charge in [0.1, 0.15) is 11.8 Å². The van der Waals surface area contributed by atoms with Gasteiger partial charge in [0.2, 0.25) is 5.91 Å². The van der Waals surface area contributed by atoms with E-state index in [0.29, 0.717) is 38.2 Å². The molecular weight excluding hydrogens is 599 g/mol. The summed E-state index contributed by atoms with van der Waals surface area (Å²) in [7, 11) is -2.87. The average Bonchev–Trinajstić information content (AvgIpc) is 3.70. The average molecular weight is 638 g/mol. The number of aliphatic hydroxyl groups is 1. The van der Waals surface area contributed by atoms with Crippen molar-refractivity contribution in [3.05, 3.63) is 107 Å². The van der Waals surface area contributed by atoms with Gasteiger partial charge in [-0.25, -0.2) is 0 Å². The topological polar surface area (TPSA) is 121 Å². The van der Waals surface area contributed by atoms with E-state index in [4.69, 9.17) is 4.74 Å². The Balaban J connectivity index is 1.22. The molecule has 2 N–H and O–H groups in total. The SMILES string of the molecule is C[C@@H]1[C@@H]([Si](C)(C)O)[C@H](CCn2cc([C@H](O)c3ccccc3)nn2)O[C@@]12C(=O)N(Cc1ccccc1)c1ccc(N3CCC3=O)cc12. The number of β-lactam (4-membered cyclic amide) rings is 1. The molecule has 7 rings (SSSR count). The number of amides is 2. The molecule has 0 bridgehead atoms. The number of benzene rings is 3. The number of carbonyl (C=O) groups excluding carboxylic acids is 2. The van der Waals surface area contributed by atoms with Crippen LogP contribution in [0.5, 0.6) is 0 Å². The number of anilines is 2. The quantitative estimate of drug-likeness (QED) is 0.204. The standard InChI is InChI=1S/C35H39N5O5Si/c1-23-33(46(2,3)44)30(16-18-38-22-28(36-37-38)32(42)25-12-8-5-9-13-25)45-35(23)27-20-26(39-19-17-31(39)41)14-15-29(27)40(34(35)43)21-24-10-6-4-7-11-24/h4-15,20,22-23,30,32-33,42,44H,16-19,21H2,1-3H3/t23-,30+,32-,33-,35+/m1/s1. The van der Waals surface area contributed by atoms with Gasteiger partial charge in [0.15, 0.2) is 13.9 Å². The lowest BCUT2D eigenvalue weighted by Crippen LogP contribution is -2.46. The van der Waals surface area contributed by atoms with Crippen LogP contribution in [0.4, 0.5) is 11.4 Å². The maximum absolute atomic E-state index is 14.7. The first-order chi connectivity index (χ1) is 22.1. The van der Waals surface area contributed by atoms with Crippen LogP contribution in [-0.2, 0) is 33.0 Å². The molecule has 2 fully saturated rings. The predicted molar refractivity (Wildman–Crippen MR) is 175 cm³/mol. The molecule has 2 amide bonds. The fourth-order valence-electron chi connectivity index (χ4n) is 7.63. The summed E-state index contributed by atoms with van der Waals surface area (Å²) < 4.78 is 8.68. The number of aryl methyl sites for hydroxylation is 1. The van der Waals surface area contributed by atoms with Crippen LogP contribution in [0.3, 0.4) is 0 Å². The second-order valence-corrected chi connectivity index (χ2v) is 17.2. The minimum Gasteiger partial charge on any atom is -0.432 e. The van der Waals surface area contributed by atoms with E-state index < -0.39 is 26.1 Å². The summed E-state index contributed by atoms with van der Waals surface area (Å²) in [5.74, 6) is -0.417. The van der Waals surface area contributed by atoms with E-state index in [1.807, 2.05) is 98.9 Å². The summed E-state index contributed by atoms with van der Waals surface area (Å²) in [6.45, 7) is 7.29. The van der Waals surface area contributed by atoms with Crippen molar-refractivity contribution in [1.82, 2.24) is 15.0 Å². The zero-order valence-corrected chi connectivity index (χ0v) is 27.3. The number of aromatic nitrogens is 3. The first kappa shape index (κ1) is 30.5. The van der Waals surface area contributed by atoms with Crippen molar-refractivity contribution < 1.29 is 24.2 Å². The summed E-state index contributed by atoms with van der Waals surface area (Å²) in [6.07, 6.45) is 1.40. The molecule has 5 atom stereocenters. The maximum atomic E-state index is 14.7. The lowest BCUT2D eigenvalue weighted by molar-refractivity contribution is -0.146. The predicted octanol–water partition coefficient (Wildman–Crippen LogP) is 4.53. The van der Waals surface area contributed by atoms with Crippen LogP contribution in [0.25, 0.3) is 0 Å². The Morgan fingerprint density at radius 2 is 1.76 bits per heavy atom. The van der Waals surface area contributed by atoms with Crippen LogP contribution in [0.15, 0.2) is 85.1 Å². The van der Waals surface area contributed by atoms with Crippen molar-refractivity contribution >= 4 is 31.5 Å². The molecule has 3 aromatic carbocycles. The Kier molecular flexibility index (Phi) is 7.67. The zero-order valence-electron chi connectivity index (χ0n) is 26.3. The van der Waals surface area contributed by atoms with Gasteiger partial charge >= 0.3 is 0 Å². The monoisotopic (exact) mass is 637 g/mol. The molecule has 238 valence electrons. The molecule has 1 spiro atoms. The summed E-state index contributed by atoms with van der Waals surface area (Å²) in [4.78, 5) is 42.4. The highest BCUT2D eigenvalue weighted by atomic mass is 28.4. The zero-order chi connectivity index (χ0) is 32.2. The number of carbonyl (C=O) groups is 2. The normalized spacial score (nSPS) is 24.8. The van der Waals surface area contributed by atoms with Gasteiger partial charge in [-0.2, -0.15) is 0 Å². The third-order valence-electron chi connectivity index (χ3n) is 9.91.